The van der Waals surface area contributed by atoms with Gasteiger partial charge in [0, 0.05) is 25.5 Å². The van der Waals surface area contributed by atoms with E-state index < -0.39 is 5.41 Å². The van der Waals surface area contributed by atoms with E-state index in [9.17, 15) is 4.79 Å². The average molecular weight is 240 g/mol. The second-order valence-corrected chi connectivity index (χ2v) is 4.48. The molecular formula is C12H20N2O3. The molecule has 1 aromatic heterocycles. The van der Waals surface area contributed by atoms with Crippen molar-refractivity contribution in [1.29, 1.82) is 0 Å². The standard InChI is InChI=1S/C12H20N2O3/c1-5-17-8-10-13-6-7-14(10)9-12(2,3)11(15)16-4/h6-7H,5,8-9H2,1-4H3. The molecule has 0 N–H and O–H groups in total. The summed E-state index contributed by atoms with van der Waals surface area (Å²) in [6.07, 6.45) is 3.56. The Morgan fingerprint density at radius 3 is 2.82 bits per heavy atom. The lowest BCUT2D eigenvalue weighted by Gasteiger charge is -2.22. The first kappa shape index (κ1) is 13.7. The van der Waals surface area contributed by atoms with Crippen molar-refractivity contribution in [3.8, 4) is 0 Å². The van der Waals surface area contributed by atoms with E-state index >= 15 is 0 Å². The highest BCUT2D eigenvalue weighted by Gasteiger charge is 2.29. The molecule has 0 saturated carbocycles. The van der Waals surface area contributed by atoms with Gasteiger partial charge in [0.25, 0.3) is 0 Å². The van der Waals surface area contributed by atoms with E-state index in [0.717, 1.165) is 5.82 Å². The van der Waals surface area contributed by atoms with Gasteiger partial charge in [0.05, 0.1) is 12.5 Å². The number of imidazole rings is 1. The Morgan fingerprint density at radius 2 is 2.24 bits per heavy atom. The first-order valence-corrected chi connectivity index (χ1v) is 5.67. The second kappa shape index (κ2) is 5.82. The van der Waals surface area contributed by atoms with E-state index in [2.05, 4.69) is 4.98 Å². The van der Waals surface area contributed by atoms with E-state index in [0.29, 0.717) is 19.8 Å². The molecule has 96 valence electrons. The molecule has 17 heavy (non-hydrogen) atoms. The van der Waals surface area contributed by atoms with Crippen LogP contribution >= 0.6 is 0 Å². The Hall–Kier alpha value is -1.36. The summed E-state index contributed by atoms with van der Waals surface area (Å²) in [4.78, 5) is 15.8. The van der Waals surface area contributed by atoms with Gasteiger partial charge in [0.1, 0.15) is 12.4 Å². The van der Waals surface area contributed by atoms with Gasteiger partial charge in [0.2, 0.25) is 0 Å². The number of esters is 1. The molecule has 0 spiro atoms. The van der Waals surface area contributed by atoms with Crippen LogP contribution in [0.3, 0.4) is 0 Å². The summed E-state index contributed by atoms with van der Waals surface area (Å²) in [6, 6.07) is 0. The molecule has 1 heterocycles. The summed E-state index contributed by atoms with van der Waals surface area (Å²) in [6.45, 7) is 7.27. The zero-order chi connectivity index (χ0) is 12.9. The number of carbonyl (C=O) groups is 1. The summed E-state index contributed by atoms with van der Waals surface area (Å²) in [7, 11) is 1.40. The monoisotopic (exact) mass is 240 g/mol. The van der Waals surface area contributed by atoms with Crippen molar-refractivity contribution in [3.63, 3.8) is 0 Å². The largest absolute Gasteiger partial charge is 0.469 e. The predicted octanol–water partition coefficient (Wildman–Crippen LogP) is 1.62. The van der Waals surface area contributed by atoms with E-state index in [1.807, 2.05) is 31.5 Å². The fourth-order valence-electron chi connectivity index (χ4n) is 1.58. The smallest absolute Gasteiger partial charge is 0.313 e. The number of rotatable bonds is 6. The summed E-state index contributed by atoms with van der Waals surface area (Å²) in [5.41, 5.74) is -0.573. The predicted molar refractivity (Wildman–Crippen MR) is 63.4 cm³/mol. The Bertz CT molecular complexity index is 372. The maximum Gasteiger partial charge on any atom is 0.313 e. The van der Waals surface area contributed by atoms with Crippen LogP contribution in [0.25, 0.3) is 0 Å². The fourth-order valence-corrected chi connectivity index (χ4v) is 1.58. The van der Waals surface area contributed by atoms with Gasteiger partial charge in [-0.25, -0.2) is 4.98 Å². The number of nitrogens with zero attached hydrogens (tertiary/aromatic N) is 2. The molecule has 0 aliphatic rings. The van der Waals surface area contributed by atoms with Crippen LogP contribution in [0.5, 0.6) is 0 Å². The molecule has 0 unspecified atom stereocenters. The summed E-state index contributed by atoms with van der Waals surface area (Å²) < 4.78 is 12.0. The molecule has 0 bridgehead atoms. The molecule has 1 aromatic rings. The van der Waals surface area contributed by atoms with Gasteiger partial charge < -0.3 is 14.0 Å². The molecule has 1 rings (SSSR count). The number of hydrogen-bond acceptors (Lipinski definition) is 4. The van der Waals surface area contributed by atoms with Crippen molar-refractivity contribution < 1.29 is 14.3 Å². The lowest BCUT2D eigenvalue weighted by atomic mass is 9.93. The molecular weight excluding hydrogens is 220 g/mol. The zero-order valence-electron chi connectivity index (χ0n) is 10.9. The van der Waals surface area contributed by atoms with Crippen LogP contribution < -0.4 is 0 Å². The van der Waals surface area contributed by atoms with Crippen molar-refractivity contribution in [2.24, 2.45) is 5.41 Å². The van der Waals surface area contributed by atoms with Crippen LogP contribution in [-0.2, 0) is 27.4 Å². The van der Waals surface area contributed by atoms with E-state index in [-0.39, 0.29) is 5.97 Å². The molecule has 0 radical (unpaired) electrons. The normalized spacial score (nSPS) is 11.5. The minimum atomic E-state index is -0.573. The van der Waals surface area contributed by atoms with Crippen molar-refractivity contribution in [3.05, 3.63) is 18.2 Å². The molecule has 0 aliphatic heterocycles. The van der Waals surface area contributed by atoms with E-state index in [4.69, 9.17) is 9.47 Å². The van der Waals surface area contributed by atoms with Gasteiger partial charge in [-0.1, -0.05) is 0 Å². The van der Waals surface area contributed by atoms with E-state index in [1.165, 1.54) is 7.11 Å². The lowest BCUT2D eigenvalue weighted by Crippen LogP contribution is -2.31. The summed E-state index contributed by atoms with van der Waals surface area (Å²) >= 11 is 0. The minimum Gasteiger partial charge on any atom is -0.469 e. The maximum absolute atomic E-state index is 11.6. The minimum absolute atomic E-state index is 0.228. The Morgan fingerprint density at radius 1 is 1.53 bits per heavy atom. The van der Waals surface area contributed by atoms with Crippen LogP contribution in [0.2, 0.25) is 0 Å². The first-order chi connectivity index (χ1) is 8.01. The average Bonchev–Trinajstić information content (AvgIpc) is 2.71. The molecule has 0 atom stereocenters. The molecule has 0 amide bonds. The molecule has 0 fully saturated rings. The topological polar surface area (TPSA) is 53.4 Å². The number of hydrogen-bond donors (Lipinski definition) is 0. The highest BCUT2D eigenvalue weighted by Crippen LogP contribution is 2.20. The van der Waals surface area contributed by atoms with Crippen molar-refractivity contribution in [2.75, 3.05) is 13.7 Å². The quantitative estimate of drug-likeness (QED) is 0.709. The second-order valence-electron chi connectivity index (χ2n) is 4.48. The van der Waals surface area contributed by atoms with Gasteiger partial charge in [-0.15, -0.1) is 0 Å². The van der Waals surface area contributed by atoms with Crippen LogP contribution in [0.4, 0.5) is 0 Å². The highest BCUT2D eigenvalue weighted by atomic mass is 16.5. The van der Waals surface area contributed by atoms with Crippen LogP contribution in [0.1, 0.15) is 26.6 Å². The summed E-state index contributed by atoms with van der Waals surface area (Å²) in [5.74, 6) is 0.595. The highest BCUT2D eigenvalue weighted by molar-refractivity contribution is 5.75. The van der Waals surface area contributed by atoms with Crippen molar-refractivity contribution >= 4 is 5.97 Å². The van der Waals surface area contributed by atoms with Crippen LogP contribution in [0.15, 0.2) is 12.4 Å². The third-order valence-electron chi connectivity index (χ3n) is 2.54. The Kier molecular flexibility index (Phi) is 4.69. The lowest BCUT2D eigenvalue weighted by molar-refractivity contribution is -0.151. The molecule has 5 nitrogen and oxygen atoms in total. The van der Waals surface area contributed by atoms with Crippen molar-refractivity contribution in [2.45, 2.75) is 33.9 Å². The zero-order valence-corrected chi connectivity index (χ0v) is 10.9. The molecule has 5 heteroatoms. The number of aromatic nitrogens is 2. The Labute approximate surface area is 102 Å². The number of ether oxygens (including phenoxy) is 2. The van der Waals surface area contributed by atoms with Crippen LogP contribution in [0, 0.1) is 5.41 Å². The third-order valence-corrected chi connectivity index (χ3v) is 2.54. The summed E-state index contributed by atoms with van der Waals surface area (Å²) in [5, 5.41) is 0. The first-order valence-electron chi connectivity index (χ1n) is 5.67. The molecule has 0 aromatic carbocycles. The van der Waals surface area contributed by atoms with Gasteiger partial charge in [-0.3, -0.25) is 4.79 Å². The van der Waals surface area contributed by atoms with E-state index in [1.54, 1.807) is 6.20 Å². The van der Waals surface area contributed by atoms with Gasteiger partial charge in [-0.05, 0) is 20.8 Å². The molecule has 0 aliphatic carbocycles. The molecule has 0 saturated heterocycles. The SMILES string of the molecule is CCOCc1nccn1CC(C)(C)C(=O)OC. The maximum atomic E-state index is 11.6. The third kappa shape index (κ3) is 3.56. The van der Waals surface area contributed by atoms with Gasteiger partial charge in [0.15, 0.2) is 0 Å². The van der Waals surface area contributed by atoms with Crippen molar-refractivity contribution in [1.82, 2.24) is 9.55 Å². The number of carbonyl (C=O) groups excluding carboxylic acids is 1. The van der Waals surface area contributed by atoms with Gasteiger partial charge in [-0.2, -0.15) is 0 Å². The number of methoxy groups -OCH3 is 1. The van der Waals surface area contributed by atoms with Gasteiger partial charge >= 0.3 is 5.97 Å². The Balaban J connectivity index is 2.74. The van der Waals surface area contributed by atoms with Crippen LogP contribution in [-0.4, -0.2) is 29.2 Å². The fraction of sp³-hybridized carbons (Fsp3) is 0.667.